The summed E-state index contributed by atoms with van der Waals surface area (Å²) < 4.78 is 43.4. The second-order valence-electron chi connectivity index (χ2n) is 5.76. The molecule has 0 unspecified atom stereocenters. The van der Waals surface area contributed by atoms with Gasteiger partial charge >= 0.3 is 0 Å². The van der Waals surface area contributed by atoms with Crippen molar-refractivity contribution in [3.05, 3.63) is 42.5 Å². The van der Waals surface area contributed by atoms with Gasteiger partial charge in [0.1, 0.15) is 18.1 Å². The summed E-state index contributed by atoms with van der Waals surface area (Å²) in [6.07, 6.45) is 0. The van der Waals surface area contributed by atoms with E-state index >= 15 is 0 Å². The van der Waals surface area contributed by atoms with Crippen LogP contribution in [0.15, 0.2) is 47.4 Å². The van der Waals surface area contributed by atoms with E-state index in [1.807, 2.05) is 0 Å². The average Bonchev–Trinajstić information content (AvgIpc) is 2.68. The van der Waals surface area contributed by atoms with Crippen molar-refractivity contribution in [1.29, 1.82) is 0 Å². The molecular weight excluding hydrogens is 372 g/mol. The maximum atomic E-state index is 12.7. The monoisotopic (exact) mass is 392 g/mol. The highest BCUT2D eigenvalue weighted by molar-refractivity contribution is 7.92. The predicted octanol–water partition coefficient (Wildman–Crippen LogP) is 1.87. The second-order valence-corrected chi connectivity index (χ2v) is 7.45. The van der Waals surface area contributed by atoms with Crippen molar-refractivity contribution in [3.8, 4) is 11.5 Å². The molecule has 8 nitrogen and oxygen atoms in total. The molecular formula is C18H20N2O6S. The van der Waals surface area contributed by atoms with Crippen LogP contribution in [0.2, 0.25) is 0 Å². The number of nitrogens with zero attached hydrogens (tertiary/aromatic N) is 1. The van der Waals surface area contributed by atoms with Gasteiger partial charge in [0.25, 0.3) is 15.9 Å². The topological polar surface area (TPSA) is 94.2 Å². The molecule has 9 heteroatoms. The van der Waals surface area contributed by atoms with E-state index in [0.717, 1.165) is 0 Å². The number of hydrogen-bond acceptors (Lipinski definition) is 6. The first-order valence-corrected chi connectivity index (χ1v) is 9.66. The molecule has 1 N–H and O–H groups in total. The van der Waals surface area contributed by atoms with Crippen LogP contribution in [0.5, 0.6) is 11.5 Å². The van der Waals surface area contributed by atoms with E-state index in [1.54, 1.807) is 29.2 Å². The molecule has 1 heterocycles. The van der Waals surface area contributed by atoms with Crippen LogP contribution in [0.25, 0.3) is 0 Å². The van der Waals surface area contributed by atoms with E-state index in [1.165, 1.54) is 32.4 Å². The summed E-state index contributed by atoms with van der Waals surface area (Å²) >= 11 is 0. The van der Waals surface area contributed by atoms with Gasteiger partial charge in [-0.25, -0.2) is 8.42 Å². The lowest BCUT2D eigenvalue weighted by molar-refractivity contribution is -0.125. The summed E-state index contributed by atoms with van der Waals surface area (Å²) in [5, 5.41) is 0. The van der Waals surface area contributed by atoms with Crippen molar-refractivity contribution in [3.63, 3.8) is 0 Å². The Morgan fingerprint density at radius 3 is 2.44 bits per heavy atom. The van der Waals surface area contributed by atoms with Crippen LogP contribution in [-0.2, 0) is 19.6 Å². The maximum absolute atomic E-state index is 12.7. The highest BCUT2D eigenvalue weighted by Gasteiger charge is 2.22. The first kappa shape index (κ1) is 19.0. The average molecular weight is 392 g/mol. The van der Waals surface area contributed by atoms with Crippen LogP contribution >= 0.6 is 0 Å². The third kappa shape index (κ3) is 4.15. The summed E-state index contributed by atoms with van der Waals surface area (Å²) in [7, 11) is -0.902. The Morgan fingerprint density at radius 2 is 1.81 bits per heavy atom. The molecule has 27 heavy (non-hydrogen) atoms. The summed E-state index contributed by atoms with van der Waals surface area (Å²) in [4.78, 5) is 13.5. The first-order chi connectivity index (χ1) is 12.9. The lowest BCUT2D eigenvalue weighted by atomic mass is 10.2. The predicted molar refractivity (Wildman–Crippen MR) is 100.0 cm³/mol. The van der Waals surface area contributed by atoms with E-state index in [-0.39, 0.29) is 23.1 Å². The Morgan fingerprint density at radius 1 is 1.07 bits per heavy atom. The van der Waals surface area contributed by atoms with E-state index in [2.05, 4.69) is 4.72 Å². The quantitative estimate of drug-likeness (QED) is 0.807. The molecule has 1 aliphatic heterocycles. The van der Waals surface area contributed by atoms with Gasteiger partial charge in [0.2, 0.25) is 0 Å². The van der Waals surface area contributed by atoms with Crippen LogP contribution < -0.4 is 19.1 Å². The normalized spacial score (nSPS) is 14.7. The minimum Gasteiger partial charge on any atom is -0.497 e. The summed E-state index contributed by atoms with van der Waals surface area (Å²) in [6.45, 7) is 0.907. The van der Waals surface area contributed by atoms with E-state index < -0.39 is 10.0 Å². The minimum absolute atomic E-state index is 0.0250. The molecule has 1 amide bonds. The second kappa shape index (κ2) is 7.85. The Hall–Kier alpha value is -2.78. The van der Waals surface area contributed by atoms with Crippen LogP contribution in [-0.4, -0.2) is 48.3 Å². The van der Waals surface area contributed by atoms with Gasteiger partial charge < -0.3 is 19.1 Å². The smallest absolute Gasteiger partial charge is 0.262 e. The highest BCUT2D eigenvalue weighted by atomic mass is 32.2. The lowest BCUT2D eigenvalue weighted by Crippen LogP contribution is -2.41. The maximum Gasteiger partial charge on any atom is 0.262 e. The Balaban J connectivity index is 1.84. The molecule has 0 atom stereocenters. The standard InChI is InChI=1S/C18H20N2O6S/c1-24-14-5-8-17(25-2)16(11-14)19-27(22,23)15-6-3-13(4-7-15)20-9-10-26-12-18(20)21/h3-8,11,19H,9-10,12H2,1-2H3. The number of benzene rings is 2. The van der Waals surface area contributed by atoms with Crippen molar-refractivity contribution >= 4 is 27.3 Å². The fraction of sp³-hybridized carbons (Fsp3) is 0.278. The molecule has 0 saturated carbocycles. The van der Waals surface area contributed by atoms with E-state index in [4.69, 9.17) is 14.2 Å². The lowest BCUT2D eigenvalue weighted by Gasteiger charge is -2.26. The third-order valence-electron chi connectivity index (χ3n) is 4.10. The molecule has 0 bridgehead atoms. The number of morpholine rings is 1. The largest absolute Gasteiger partial charge is 0.497 e. The Labute approximate surface area is 157 Å². The fourth-order valence-corrected chi connectivity index (χ4v) is 3.76. The van der Waals surface area contributed by atoms with Crippen molar-refractivity contribution in [2.75, 3.05) is 43.6 Å². The van der Waals surface area contributed by atoms with Crippen molar-refractivity contribution in [2.24, 2.45) is 0 Å². The zero-order valence-corrected chi connectivity index (χ0v) is 15.8. The number of carbonyl (C=O) groups excluding carboxylic acids is 1. The molecule has 0 aromatic heterocycles. The number of amides is 1. The van der Waals surface area contributed by atoms with Crippen LogP contribution in [0.4, 0.5) is 11.4 Å². The van der Waals surface area contributed by atoms with Gasteiger partial charge in [-0.3, -0.25) is 9.52 Å². The Bertz CT molecular complexity index is 927. The van der Waals surface area contributed by atoms with Gasteiger partial charge in [-0.2, -0.15) is 0 Å². The zero-order chi connectivity index (χ0) is 19.4. The van der Waals surface area contributed by atoms with Gasteiger partial charge in [0.05, 0.1) is 31.4 Å². The van der Waals surface area contributed by atoms with E-state index in [9.17, 15) is 13.2 Å². The molecule has 0 spiro atoms. The van der Waals surface area contributed by atoms with Crippen molar-refractivity contribution in [2.45, 2.75) is 4.90 Å². The number of sulfonamides is 1. The zero-order valence-electron chi connectivity index (χ0n) is 15.0. The van der Waals surface area contributed by atoms with Crippen LogP contribution in [0, 0.1) is 0 Å². The molecule has 144 valence electrons. The fourth-order valence-electron chi connectivity index (χ4n) is 2.69. The summed E-state index contributed by atoms with van der Waals surface area (Å²) in [5.41, 5.74) is 0.894. The number of nitrogens with one attached hydrogen (secondary N) is 1. The molecule has 1 saturated heterocycles. The molecule has 0 aliphatic carbocycles. The minimum atomic E-state index is -3.85. The molecule has 2 aromatic rings. The number of ether oxygens (including phenoxy) is 3. The van der Waals surface area contributed by atoms with Crippen molar-refractivity contribution in [1.82, 2.24) is 0 Å². The van der Waals surface area contributed by atoms with Crippen molar-refractivity contribution < 1.29 is 27.4 Å². The number of hydrogen-bond donors (Lipinski definition) is 1. The van der Waals surface area contributed by atoms with Gasteiger partial charge in [-0.05, 0) is 36.4 Å². The molecule has 1 fully saturated rings. The van der Waals surface area contributed by atoms with Gasteiger partial charge in [0, 0.05) is 18.3 Å². The third-order valence-corrected chi connectivity index (χ3v) is 5.48. The Kier molecular flexibility index (Phi) is 5.52. The molecule has 0 radical (unpaired) electrons. The van der Waals surface area contributed by atoms with Crippen LogP contribution in [0.3, 0.4) is 0 Å². The number of rotatable bonds is 6. The SMILES string of the molecule is COc1ccc(OC)c(NS(=O)(=O)c2ccc(N3CCOCC3=O)cc2)c1. The summed E-state index contributed by atoms with van der Waals surface area (Å²) in [5.74, 6) is 0.709. The highest BCUT2D eigenvalue weighted by Crippen LogP contribution is 2.31. The van der Waals surface area contributed by atoms with E-state index in [0.29, 0.717) is 30.3 Å². The van der Waals surface area contributed by atoms with Crippen LogP contribution in [0.1, 0.15) is 0 Å². The van der Waals surface area contributed by atoms with Gasteiger partial charge in [0.15, 0.2) is 0 Å². The van der Waals surface area contributed by atoms with Gasteiger partial charge in [-0.15, -0.1) is 0 Å². The first-order valence-electron chi connectivity index (χ1n) is 8.17. The summed E-state index contributed by atoms with van der Waals surface area (Å²) in [6, 6.07) is 10.9. The number of carbonyl (C=O) groups is 1. The number of methoxy groups -OCH3 is 2. The molecule has 2 aromatic carbocycles. The molecule has 1 aliphatic rings. The number of anilines is 2. The molecule has 3 rings (SSSR count). The van der Waals surface area contributed by atoms with Gasteiger partial charge in [-0.1, -0.05) is 0 Å².